The van der Waals surface area contributed by atoms with Crippen LogP contribution >= 0.6 is 11.6 Å². The summed E-state index contributed by atoms with van der Waals surface area (Å²) in [4.78, 5) is 4.29. The minimum atomic E-state index is -0.471. The molecule has 0 saturated heterocycles. The number of nitrogens with zero attached hydrogens (tertiary/aromatic N) is 1. The number of hydrogen-bond acceptors (Lipinski definition) is 3. The van der Waals surface area contributed by atoms with Crippen molar-refractivity contribution in [3.8, 4) is 11.6 Å². The Balaban J connectivity index is 2.17. The van der Waals surface area contributed by atoms with Gasteiger partial charge in [-0.3, -0.25) is 0 Å². The molecule has 0 atom stereocenters. The molecule has 94 valence electrons. The first-order valence-corrected chi connectivity index (χ1v) is 5.80. The SMILES string of the molecule is CNCc1cccc(Oc2ccc(F)c(Cl)c2)n1. The smallest absolute Gasteiger partial charge is 0.219 e. The van der Waals surface area contributed by atoms with Crippen molar-refractivity contribution in [3.63, 3.8) is 0 Å². The predicted octanol–water partition coefficient (Wildman–Crippen LogP) is 3.39. The Morgan fingerprint density at radius 1 is 1.33 bits per heavy atom. The van der Waals surface area contributed by atoms with Gasteiger partial charge in [-0.2, -0.15) is 0 Å². The molecule has 1 N–H and O–H groups in total. The summed E-state index contributed by atoms with van der Waals surface area (Å²) in [6, 6.07) is 9.66. The largest absolute Gasteiger partial charge is 0.439 e. The zero-order valence-electron chi connectivity index (χ0n) is 9.78. The lowest BCUT2D eigenvalue weighted by Gasteiger charge is -2.07. The third-order valence-corrected chi connectivity index (χ3v) is 2.54. The van der Waals surface area contributed by atoms with E-state index in [1.807, 2.05) is 19.2 Å². The second kappa shape index (κ2) is 5.80. The lowest BCUT2D eigenvalue weighted by atomic mass is 10.3. The molecule has 1 heterocycles. The van der Waals surface area contributed by atoms with Gasteiger partial charge in [0.25, 0.3) is 0 Å². The minimum absolute atomic E-state index is 0.0267. The van der Waals surface area contributed by atoms with Crippen molar-refractivity contribution in [2.24, 2.45) is 0 Å². The number of pyridine rings is 1. The van der Waals surface area contributed by atoms with Gasteiger partial charge < -0.3 is 10.1 Å². The van der Waals surface area contributed by atoms with Gasteiger partial charge in [-0.15, -0.1) is 0 Å². The van der Waals surface area contributed by atoms with Gasteiger partial charge in [0.2, 0.25) is 5.88 Å². The fraction of sp³-hybridized carbons (Fsp3) is 0.154. The van der Waals surface area contributed by atoms with Gasteiger partial charge >= 0.3 is 0 Å². The number of benzene rings is 1. The number of halogens is 2. The molecule has 0 aliphatic rings. The quantitative estimate of drug-likeness (QED) is 0.921. The molecule has 0 aliphatic heterocycles. The van der Waals surface area contributed by atoms with E-state index in [1.165, 1.54) is 18.2 Å². The van der Waals surface area contributed by atoms with Crippen LogP contribution in [-0.2, 0) is 6.54 Å². The van der Waals surface area contributed by atoms with Crippen LogP contribution in [0, 0.1) is 5.82 Å². The molecule has 5 heteroatoms. The average Bonchev–Trinajstić information content (AvgIpc) is 2.35. The summed E-state index contributed by atoms with van der Waals surface area (Å²) >= 11 is 5.68. The summed E-state index contributed by atoms with van der Waals surface area (Å²) in [7, 11) is 1.84. The molecule has 0 radical (unpaired) electrons. The fourth-order valence-corrected chi connectivity index (χ4v) is 1.63. The first-order chi connectivity index (χ1) is 8.69. The topological polar surface area (TPSA) is 34.1 Å². The first-order valence-electron chi connectivity index (χ1n) is 5.42. The lowest BCUT2D eigenvalue weighted by molar-refractivity contribution is 0.458. The van der Waals surface area contributed by atoms with Crippen LogP contribution in [-0.4, -0.2) is 12.0 Å². The first kappa shape index (κ1) is 12.8. The Kier molecular flexibility index (Phi) is 4.12. The maximum atomic E-state index is 13.0. The van der Waals surface area contributed by atoms with Crippen LogP contribution in [0.5, 0.6) is 11.6 Å². The third-order valence-electron chi connectivity index (χ3n) is 2.25. The Morgan fingerprint density at radius 3 is 2.89 bits per heavy atom. The minimum Gasteiger partial charge on any atom is -0.439 e. The molecule has 2 rings (SSSR count). The molecule has 0 aliphatic carbocycles. The van der Waals surface area contributed by atoms with E-state index in [4.69, 9.17) is 16.3 Å². The van der Waals surface area contributed by atoms with Crippen molar-refractivity contribution in [1.29, 1.82) is 0 Å². The molecule has 0 unspecified atom stereocenters. The summed E-state index contributed by atoms with van der Waals surface area (Å²) in [6.07, 6.45) is 0. The molecule has 3 nitrogen and oxygen atoms in total. The van der Waals surface area contributed by atoms with Gasteiger partial charge in [-0.05, 0) is 25.2 Å². The molecule has 0 spiro atoms. The Hall–Kier alpha value is -1.65. The zero-order chi connectivity index (χ0) is 13.0. The Morgan fingerprint density at radius 2 is 2.17 bits per heavy atom. The van der Waals surface area contributed by atoms with Gasteiger partial charge in [-0.25, -0.2) is 9.37 Å². The molecule has 0 saturated carbocycles. The number of rotatable bonds is 4. The van der Waals surface area contributed by atoms with Gasteiger partial charge in [0.1, 0.15) is 11.6 Å². The standard InChI is InChI=1S/C13H12ClFN2O/c1-16-8-9-3-2-4-13(17-9)18-10-5-6-12(15)11(14)7-10/h2-7,16H,8H2,1H3. The van der Waals surface area contributed by atoms with Crippen molar-refractivity contribution in [2.75, 3.05) is 7.05 Å². The van der Waals surface area contributed by atoms with Crippen molar-refractivity contribution < 1.29 is 9.13 Å². The maximum absolute atomic E-state index is 13.0. The number of aromatic nitrogens is 1. The molecule has 1 aromatic carbocycles. The molecule has 1 aromatic heterocycles. The fourth-order valence-electron chi connectivity index (χ4n) is 1.46. The summed E-state index contributed by atoms with van der Waals surface area (Å²) in [5.74, 6) is 0.432. The van der Waals surface area contributed by atoms with Crippen molar-refractivity contribution >= 4 is 11.6 Å². The molecular weight excluding hydrogens is 255 g/mol. The van der Waals surface area contributed by atoms with Crippen molar-refractivity contribution in [1.82, 2.24) is 10.3 Å². The van der Waals surface area contributed by atoms with Gasteiger partial charge in [-0.1, -0.05) is 17.7 Å². The zero-order valence-corrected chi connectivity index (χ0v) is 10.5. The number of nitrogens with one attached hydrogen (secondary N) is 1. The van der Waals surface area contributed by atoms with Crippen molar-refractivity contribution in [3.05, 3.63) is 52.9 Å². The van der Waals surface area contributed by atoms with Gasteiger partial charge in [0.05, 0.1) is 10.7 Å². The van der Waals surface area contributed by atoms with Crippen LogP contribution in [0.3, 0.4) is 0 Å². The monoisotopic (exact) mass is 266 g/mol. The average molecular weight is 267 g/mol. The van der Waals surface area contributed by atoms with Crippen LogP contribution < -0.4 is 10.1 Å². The number of hydrogen-bond donors (Lipinski definition) is 1. The van der Waals surface area contributed by atoms with E-state index >= 15 is 0 Å². The van der Waals surface area contributed by atoms with Crippen LogP contribution in [0.15, 0.2) is 36.4 Å². The summed E-state index contributed by atoms with van der Waals surface area (Å²) in [6.45, 7) is 0.654. The van der Waals surface area contributed by atoms with Crippen molar-refractivity contribution in [2.45, 2.75) is 6.54 Å². The highest BCUT2D eigenvalue weighted by molar-refractivity contribution is 6.30. The third kappa shape index (κ3) is 3.18. The van der Waals surface area contributed by atoms with E-state index in [0.29, 0.717) is 18.2 Å². The molecule has 0 fully saturated rings. The van der Waals surface area contributed by atoms with Gasteiger partial charge in [0, 0.05) is 18.7 Å². The molecular formula is C13H12ClFN2O. The summed E-state index contributed by atoms with van der Waals surface area (Å²) in [5.41, 5.74) is 0.864. The highest BCUT2D eigenvalue weighted by Crippen LogP contribution is 2.25. The number of ether oxygens (including phenoxy) is 1. The second-order valence-corrected chi connectivity index (χ2v) is 4.08. The van der Waals surface area contributed by atoms with E-state index < -0.39 is 5.82 Å². The normalized spacial score (nSPS) is 10.4. The Labute approximate surface area is 110 Å². The highest BCUT2D eigenvalue weighted by atomic mass is 35.5. The molecule has 2 aromatic rings. The highest BCUT2D eigenvalue weighted by Gasteiger charge is 2.04. The summed E-state index contributed by atoms with van der Waals surface area (Å²) < 4.78 is 18.5. The van der Waals surface area contributed by atoms with Crippen LogP contribution in [0.1, 0.15) is 5.69 Å². The van der Waals surface area contributed by atoms with Gasteiger partial charge in [0.15, 0.2) is 0 Å². The second-order valence-electron chi connectivity index (χ2n) is 3.68. The van der Waals surface area contributed by atoms with E-state index in [2.05, 4.69) is 10.3 Å². The van der Waals surface area contributed by atoms with Crippen LogP contribution in [0.4, 0.5) is 4.39 Å². The van der Waals surface area contributed by atoms with Crippen LogP contribution in [0.25, 0.3) is 0 Å². The lowest BCUT2D eigenvalue weighted by Crippen LogP contribution is -2.06. The molecule has 18 heavy (non-hydrogen) atoms. The predicted molar refractivity (Wildman–Crippen MR) is 68.5 cm³/mol. The maximum Gasteiger partial charge on any atom is 0.219 e. The molecule has 0 amide bonds. The molecule has 0 bridgehead atoms. The van der Waals surface area contributed by atoms with Crippen LogP contribution in [0.2, 0.25) is 5.02 Å². The van der Waals surface area contributed by atoms with E-state index in [-0.39, 0.29) is 5.02 Å². The van der Waals surface area contributed by atoms with E-state index in [9.17, 15) is 4.39 Å². The van der Waals surface area contributed by atoms with E-state index in [1.54, 1.807) is 6.07 Å². The Bertz CT molecular complexity index is 548. The summed E-state index contributed by atoms with van der Waals surface area (Å²) in [5, 5.41) is 3.03. The van der Waals surface area contributed by atoms with E-state index in [0.717, 1.165) is 5.69 Å².